The number of methoxy groups -OCH3 is 1. The van der Waals surface area contributed by atoms with Crippen molar-refractivity contribution in [2.45, 2.75) is 13.5 Å². The van der Waals surface area contributed by atoms with Crippen LogP contribution in [0.25, 0.3) is 0 Å². The highest BCUT2D eigenvalue weighted by Crippen LogP contribution is 2.17. The van der Waals surface area contributed by atoms with Gasteiger partial charge in [0.1, 0.15) is 5.75 Å². The maximum atomic E-state index is 12.0. The smallest absolute Gasteiger partial charge is 0.239 e. The monoisotopic (exact) mass is 327 g/mol. The Bertz CT molecular complexity index is 716. The molecule has 2 aromatic rings. The van der Waals surface area contributed by atoms with E-state index in [0.717, 1.165) is 17.0 Å². The Kier molecular flexibility index (Phi) is 6.19. The van der Waals surface area contributed by atoms with Crippen LogP contribution in [0.3, 0.4) is 0 Å². The van der Waals surface area contributed by atoms with E-state index in [9.17, 15) is 9.59 Å². The molecule has 0 saturated carbocycles. The van der Waals surface area contributed by atoms with Gasteiger partial charge >= 0.3 is 0 Å². The summed E-state index contributed by atoms with van der Waals surface area (Å²) in [5, 5.41) is 8.57. The SMILES string of the molecule is COc1ccccc1CNC(=O)CNc1cccc(NC(C)=O)c1. The quantitative estimate of drug-likeness (QED) is 0.729. The maximum absolute atomic E-state index is 12.0. The Balaban J connectivity index is 1.84. The molecule has 0 aliphatic carbocycles. The summed E-state index contributed by atoms with van der Waals surface area (Å²) in [6.45, 7) is 1.99. The summed E-state index contributed by atoms with van der Waals surface area (Å²) in [5.74, 6) is 0.473. The van der Waals surface area contributed by atoms with Crippen LogP contribution in [-0.4, -0.2) is 25.5 Å². The van der Waals surface area contributed by atoms with E-state index in [-0.39, 0.29) is 18.4 Å². The maximum Gasteiger partial charge on any atom is 0.239 e. The highest BCUT2D eigenvalue weighted by atomic mass is 16.5. The van der Waals surface area contributed by atoms with Gasteiger partial charge in [0.15, 0.2) is 0 Å². The molecule has 0 unspecified atom stereocenters. The zero-order valence-electron chi connectivity index (χ0n) is 13.8. The lowest BCUT2D eigenvalue weighted by atomic mass is 10.2. The number of ether oxygens (including phenoxy) is 1. The molecular weight excluding hydrogens is 306 g/mol. The molecule has 2 amide bonds. The number of carbonyl (C=O) groups is 2. The van der Waals surface area contributed by atoms with Gasteiger partial charge in [-0.15, -0.1) is 0 Å². The van der Waals surface area contributed by atoms with E-state index in [4.69, 9.17) is 4.74 Å². The van der Waals surface area contributed by atoms with E-state index in [1.54, 1.807) is 25.3 Å². The molecular formula is C18H21N3O3. The summed E-state index contributed by atoms with van der Waals surface area (Å²) in [6.07, 6.45) is 0. The molecule has 0 radical (unpaired) electrons. The first kappa shape index (κ1) is 17.3. The summed E-state index contributed by atoms with van der Waals surface area (Å²) >= 11 is 0. The number of amides is 2. The Labute approximate surface area is 141 Å². The predicted octanol–water partition coefficient (Wildman–Crippen LogP) is 2.38. The summed E-state index contributed by atoms with van der Waals surface area (Å²) in [5.41, 5.74) is 2.36. The third kappa shape index (κ3) is 5.31. The summed E-state index contributed by atoms with van der Waals surface area (Å²) in [6, 6.07) is 14.7. The van der Waals surface area contributed by atoms with Crippen molar-refractivity contribution < 1.29 is 14.3 Å². The summed E-state index contributed by atoms with van der Waals surface area (Å²) in [7, 11) is 1.60. The Hall–Kier alpha value is -3.02. The number of benzene rings is 2. The van der Waals surface area contributed by atoms with Gasteiger partial charge < -0.3 is 20.7 Å². The van der Waals surface area contributed by atoms with E-state index in [2.05, 4.69) is 16.0 Å². The lowest BCUT2D eigenvalue weighted by molar-refractivity contribution is -0.119. The molecule has 0 fully saturated rings. The number of nitrogens with one attached hydrogen (secondary N) is 3. The number of hydrogen-bond acceptors (Lipinski definition) is 4. The second kappa shape index (κ2) is 8.57. The fourth-order valence-electron chi connectivity index (χ4n) is 2.20. The molecule has 6 nitrogen and oxygen atoms in total. The van der Waals surface area contributed by atoms with Gasteiger partial charge in [-0.05, 0) is 24.3 Å². The van der Waals surface area contributed by atoms with Gasteiger partial charge in [-0.25, -0.2) is 0 Å². The molecule has 126 valence electrons. The van der Waals surface area contributed by atoms with Crippen LogP contribution in [0, 0.1) is 0 Å². The molecule has 3 N–H and O–H groups in total. The van der Waals surface area contributed by atoms with Crippen molar-refractivity contribution in [1.82, 2.24) is 5.32 Å². The third-order valence-corrected chi connectivity index (χ3v) is 3.30. The van der Waals surface area contributed by atoms with Gasteiger partial charge in [-0.3, -0.25) is 9.59 Å². The zero-order chi connectivity index (χ0) is 17.4. The number of rotatable bonds is 7. The first-order valence-electron chi connectivity index (χ1n) is 7.58. The molecule has 0 aliphatic heterocycles. The van der Waals surface area contributed by atoms with E-state index in [1.165, 1.54) is 6.92 Å². The van der Waals surface area contributed by atoms with Gasteiger partial charge in [-0.2, -0.15) is 0 Å². The topological polar surface area (TPSA) is 79.5 Å². The molecule has 0 bridgehead atoms. The highest BCUT2D eigenvalue weighted by Gasteiger charge is 2.05. The average Bonchev–Trinajstić information content (AvgIpc) is 2.58. The lowest BCUT2D eigenvalue weighted by Gasteiger charge is -2.11. The van der Waals surface area contributed by atoms with Crippen LogP contribution in [-0.2, 0) is 16.1 Å². The van der Waals surface area contributed by atoms with Gasteiger partial charge in [0.05, 0.1) is 13.7 Å². The molecule has 6 heteroatoms. The molecule has 2 rings (SSSR count). The molecule has 0 aliphatic rings. The van der Waals surface area contributed by atoms with Crippen LogP contribution in [0.15, 0.2) is 48.5 Å². The largest absolute Gasteiger partial charge is 0.496 e. The molecule has 24 heavy (non-hydrogen) atoms. The van der Waals surface area contributed by atoms with Crippen molar-refractivity contribution in [1.29, 1.82) is 0 Å². The van der Waals surface area contributed by atoms with Crippen LogP contribution >= 0.6 is 0 Å². The minimum Gasteiger partial charge on any atom is -0.496 e. The minimum atomic E-state index is -0.137. The first-order valence-corrected chi connectivity index (χ1v) is 7.58. The zero-order valence-corrected chi connectivity index (χ0v) is 13.8. The van der Waals surface area contributed by atoms with E-state index in [1.807, 2.05) is 30.3 Å². The molecule has 0 aromatic heterocycles. The molecule has 0 heterocycles. The Morgan fingerprint density at radius 3 is 2.54 bits per heavy atom. The van der Waals surface area contributed by atoms with E-state index >= 15 is 0 Å². The van der Waals surface area contributed by atoms with Crippen molar-refractivity contribution >= 4 is 23.2 Å². The fraction of sp³-hybridized carbons (Fsp3) is 0.222. The molecule has 0 atom stereocenters. The first-order chi connectivity index (χ1) is 11.6. The second-order valence-corrected chi connectivity index (χ2v) is 5.20. The number of hydrogen-bond donors (Lipinski definition) is 3. The number of carbonyl (C=O) groups excluding carboxylic acids is 2. The van der Waals surface area contributed by atoms with Gasteiger partial charge in [0.25, 0.3) is 0 Å². The standard InChI is InChI=1S/C18H21N3O3/c1-13(22)21-16-8-5-7-15(10-16)19-12-18(23)20-11-14-6-3-4-9-17(14)24-2/h3-10,19H,11-12H2,1-2H3,(H,20,23)(H,21,22). The van der Waals surface area contributed by atoms with Crippen LogP contribution in [0.2, 0.25) is 0 Å². The van der Waals surface area contributed by atoms with Gasteiger partial charge in [0.2, 0.25) is 11.8 Å². The molecule has 0 spiro atoms. The van der Waals surface area contributed by atoms with Crippen molar-refractivity contribution in [3.05, 3.63) is 54.1 Å². The predicted molar refractivity (Wildman–Crippen MR) is 94.1 cm³/mol. The normalized spacial score (nSPS) is 9.92. The number of para-hydroxylation sites is 1. The van der Waals surface area contributed by atoms with E-state index in [0.29, 0.717) is 12.2 Å². The Morgan fingerprint density at radius 2 is 1.79 bits per heavy atom. The summed E-state index contributed by atoms with van der Waals surface area (Å²) < 4.78 is 5.25. The molecule has 2 aromatic carbocycles. The molecule has 0 saturated heterocycles. The van der Waals surface area contributed by atoms with Crippen molar-refractivity contribution in [2.75, 3.05) is 24.3 Å². The Morgan fingerprint density at radius 1 is 1.04 bits per heavy atom. The van der Waals surface area contributed by atoms with E-state index < -0.39 is 0 Å². The van der Waals surface area contributed by atoms with Crippen LogP contribution < -0.4 is 20.7 Å². The highest BCUT2D eigenvalue weighted by molar-refractivity contribution is 5.89. The van der Waals surface area contributed by atoms with Crippen molar-refractivity contribution in [3.8, 4) is 5.75 Å². The average molecular weight is 327 g/mol. The van der Waals surface area contributed by atoms with Gasteiger partial charge in [0, 0.05) is 30.4 Å². The minimum absolute atomic E-state index is 0.133. The number of anilines is 2. The lowest BCUT2D eigenvalue weighted by Crippen LogP contribution is -2.29. The van der Waals surface area contributed by atoms with Crippen molar-refractivity contribution in [2.24, 2.45) is 0 Å². The van der Waals surface area contributed by atoms with Crippen molar-refractivity contribution in [3.63, 3.8) is 0 Å². The fourth-order valence-corrected chi connectivity index (χ4v) is 2.20. The van der Waals surface area contributed by atoms with Crippen LogP contribution in [0.4, 0.5) is 11.4 Å². The van der Waals surface area contributed by atoms with Gasteiger partial charge in [-0.1, -0.05) is 24.3 Å². The third-order valence-electron chi connectivity index (χ3n) is 3.30. The van der Waals surface area contributed by atoms with Crippen LogP contribution in [0.1, 0.15) is 12.5 Å². The second-order valence-electron chi connectivity index (χ2n) is 5.20. The van der Waals surface area contributed by atoms with Crippen LogP contribution in [0.5, 0.6) is 5.75 Å². The summed E-state index contributed by atoms with van der Waals surface area (Å²) in [4.78, 5) is 23.0.